The number of alkyl halides is 1. The molecule has 0 amide bonds. The fourth-order valence-corrected chi connectivity index (χ4v) is 1.46. The molecule has 0 aromatic heterocycles. The predicted octanol–water partition coefficient (Wildman–Crippen LogP) is 3.49. The van der Waals surface area contributed by atoms with Gasteiger partial charge in [0.05, 0.1) is 0 Å². The Balaban J connectivity index is 2.91. The van der Waals surface area contributed by atoms with E-state index in [9.17, 15) is 9.50 Å². The fourth-order valence-electron chi connectivity index (χ4n) is 1.26. The third kappa shape index (κ3) is 2.98. The highest BCUT2D eigenvalue weighted by Gasteiger charge is 2.18. The summed E-state index contributed by atoms with van der Waals surface area (Å²) in [7, 11) is 0. The Hall–Kier alpha value is -0.570. The summed E-state index contributed by atoms with van der Waals surface area (Å²) >= 11 is 3.40. The summed E-state index contributed by atoms with van der Waals surface area (Å²) < 4.78 is 12.9. The monoisotopic (exact) mass is 260 g/mol. The minimum Gasteiger partial charge on any atom is -0.508 e. The fraction of sp³-hybridized carbons (Fsp3) is 0.455. The number of rotatable bonds is 3. The Labute approximate surface area is 92.1 Å². The summed E-state index contributed by atoms with van der Waals surface area (Å²) in [4.78, 5) is 0. The van der Waals surface area contributed by atoms with Crippen molar-refractivity contribution in [3.63, 3.8) is 0 Å². The maximum absolute atomic E-state index is 12.9. The molecule has 0 aliphatic rings. The Morgan fingerprint density at radius 1 is 1.43 bits per heavy atom. The molecule has 0 heterocycles. The Morgan fingerprint density at radius 3 is 2.64 bits per heavy atom. The lowest BCUT2D eigenvalue weighted by atomic mass is 9.88. The summed E-state index contributed by atoms with van der Waals surface area (Å²) in [5.74, 6) is -0.136. The van der Waals surface area contributed by atoms with Crippen molar-refractivity contribution in [2.75, 3.05) is 5.33 Å². The van der Waals surface area contributed by atoms with Crippen LogP contribution < -0.4 is 0 Å². The Kier molecular flexibility index (Phi) is 3.53. The topological polar surface area (TPSA) is 20.2 Å². The highest BCUT2D eigenvalue weighted by molar-refractivity contribution is 9.09. The summed E-state index contributed by atoms with van der Waals surface area (Å²) in [6.07, 6.45) is 0.655. The number of hydrogen-bond acceptors (Lipinski definition) is 1. The van der Waals surface area contributed by atoms with Crippen molar-refractivity contribution >= 4 is 15.9 Å². The second-order valence-corrected chi connectivity index (χ2v) is 4.81. The zero-order valence-corrected chi connectivity index (χ0v) is 9.94. The van der Waals surface area contributed by atoms with E-state index in [0.717, 1.165) is 5.33 Å². The van der Waals surface area contributed by atoms with Gasteiger partial charge in [-0.25, -0.2) is 4.39 Å². The van der Waals surface area contributed by atoms with Crippen molar-refractivity contribution in [3.05, 3.63) is 29.6 Å². The summed E-state index contributed by atoms with van der Waals surface area (Å²) in [6.45, 7) is 4.12. The summed E-state index contributed by atoms with van der Waals surface area (Å²) in [5.41, 5.74) is 0.681. The lowest BCUT2D eigenvalue weighted by Gasteiger charge is -2.21. The van der Waals surface area contributed by atoms with E-state index in [-0.39, 0.29) is 17.0 Å². The van der Waals surface area contributed by atoms with E-state index in [0.29, 0.717) is 12.0 Å². The minimum atomic E-state index is -0.303. The lowest BCUT2D eigenvalue weighted by molar-refractivity contribution is 0.403. The number of phenolic OH excluding ortho intramolecular Hbond substituents is 1. The van der Waals surface area contributed by atoms with Gasteiger partial charge in [0.15, 0.2) is 0 Å². The van der Waals surface area contributed by atoms with Gasteiger partial charge >= 0.3 is 0 Å². The van der Waals surface area contributed by atoms with Crippen LogP contribution in [0.25, 0.3) is 0 Å². The lowest BCUT2D eigenvalue weighted by Crippen LogP contribution is -2.16. The molecule has 1 aromatic rings. The molecule has 0 aliphatic heterocycles. The van der Waals surface area contributed by atoms with Crippen LogP contribution in [0, 0.1) is 11.2 Å². The number of hydrogen-bond donors (Lipinski definition) is 1. The molecule has 0 unspecified atom stereocenters. The van der Waals surface area contributed by atoms with E-state index in [2.05, 4.69) is 29.8 Å². The van der Waals surface area contributed by atoms with E-state index in [1.165, 1.54) is 18.2 Å². The molecule has 0 aliphatic carbocycles. The molecule has 0 atom stereocenters. The third-order valence-corrected chi connectivity index (χ3v) is 3.59. The summed E-state index contributed by atoms with van der Waals surface area (Å²) in [6, 6.07) is 4.05. The molecular formula is C11H14BrFO. The second-order valence-electron chi connectivity index (χ2n) is 4.25. The highest BCUT2D eigenvalue weighted by Crippen LogP contribution is 2.29. The normalized spacial score (nSPS) is 11.7. The molecule has 0 fully saturated rings. The van der Waals surface area contributed by atoms with Crippen molar-refractivity contribution in [1.82, 2.24) is 0 Å². The number of benzene rings is 1. The molecule has 78 valence electrons. The van der Waals surface area contributed by atoms with Gasteiger partial charge in [0.2, 0.25) is 0 Å². The molecule has 0 saturated carbocycles. The van der Waals surface area contributed by atoms with E-state index in [1.807, 2.05) is 0 Å². The molecule has 1 aromatic carbocycles. The molecular weight excluding hydrogens is 247 g/mol. The van der Waals surface area contributed by atoms with Crippen LogP contribution in [-0.2, 0) is 6.42 Å². The molecule has 14 heavy (non-hydrogen) atoms. The predicted molar refractivity (Wildman–Crippen MR) is 59.3 cm³/mol. The van der Waals surface area contributed by atoms with Gasteiger partial charge in [-0.05, 0) is 35.6 Å². The van der Waals surface area contributed by atoms with Crippen molar-refractivity contribution < 1.29 is 9.50 Å². The number of phenols is 1. The van der Waals surface area contributed by atoms with Crippen molar-refractivity contribution in [3.8, 4) is 5.75 Å². The van der Waals surface area contributed by atoms with Gasteiger partial charge in [-0.3, -0.25) is 0 Å². The van der Waals surface area contributed by atoms with Crippen molar-refractivity contribution in [2.45, 2.75) is 20.3 Å². The molecule has 0 spiro atoms. The molecule has 1 N–H and O–H groups in total. The van der Waals surface area contributed by atoms with Gasteiger partial charge in [-0.2, -0.15) is 0 Å². The maximum Gasteiger partial charge on any atom is 0.123 e. The number of halogens is 2. The van der Waals surface area contributed by atoms with Crippen molar-refractivity contribution in [1.29, 1.82) is 0 Å². The van der Waals surface area contributed by atoms with Crippen LogP contribution in [0.3, 0.4) is 0 Å². The molecule has 0 bridgehead atoms. The van der Waals surface area contributed by atoms with Crippen molar-refractivity contribution in [2.24, 2.45) is 5.41 Å². The van der Waals surface area contributed by atoms with Gasteiger partial charge in [-0.1, -0.05) is 29.8 Å². The van der Waals surface area contributed by atoms with Crippen LogP contribution in [0.1, 0.15) is 19.4 Å². The largest absolute Gasteiger partial charge is 0.508 e. The summed E-state index contributed by atoms with van der Waals surface area (Å²) in [5, 5.41) is 10.3. The maximum atomic E-state index is 12.9. The van der Waals surface area contributed by atoms with Crippen LogP contribution in [0.2, 0.25) is 0 Å². The van der Waals surface area contributed by atoms with Gasteiger partial charge in [-0.15, -0.1) is 0 Å². The second kappa shape index (κ2) is 4.30. The van der Waals surface area contributed by atoms with Gasteiger partial charge in [0, 0.05) is 5.33 Å². The quantitative estimate of drug-likeness (QED) is 0.826. The molecule has 0 radical (unpaired) electrons. The van der Waals surface area contributed by atoms with E-state index in [4.69, 9.17) is 0 Å². The first-order valence-corrected chi connectivity index (χ1v) is 5.60. The van der Waals surface area contributed by atoms with E-state index >= 15 is 0 Å². The van der Waals surface area contributed by atoms with E-state index < -0.39 is 0 Å². The Bertz CT molecular complexity index is 323. The standard InChI is InChI=1S/C11H14BrFO/c1-11(2,7-12)6-8-5-9(13)3-4-10(8)14/h3-5,14H,6-7H2,1-2H3. The first kappa shape index (κ1) is 11.5. The van der Waals surface area contributed by atoms with Crippen LogP contribution in [-0.4, -0.2) is 10.4 Å². The van der Waals surface area contributed by atoms with Gasteiger partial charge < -0.3 is 5.11 Å². The average Bonchev–Trinajstić information content (AvgIpc) is 2.11. The van der Waals surface area contributed by atoms with Crippen LogP contribution >= 0.6 is 15.9 Å². The molecule has 1 rings (SSSR count). The molecule has 3 heteroatoms. The van der Waals surface area contributed by atoms with Crippen LogP contribution in [0.15, 0.2) is 18.2 Å². The van der Waals surface area contributed by atoms with Gasteiger partial charge in [0.25, 0.3) is 0 Å². The first-order valence-electron chi connectivity index (χ1n) is 4.48. The zero-order valence-electron chi connectivity index (χ0n) is 8.35. The first-order chi connectivity index (χ1) is 6.44. The average molecular weight is 261 g/mol. The zero-order chi connectivity index (χ0) is 10.8. The minimum absolute atomic E-state index is 0.0191. The SMILES string of the molecule is CC(C)(CBr)Cc1cc(F)ccc1O. The van der Waals surface area contributed by atoms with Gasteiger partial charge in [0.1, 0.15) is 11.6 Å². The number of aromatic hydroxyl groups is 1. The Morgan fingerprint density at radius 2 is 2.07 bits per heavy atom. The smallest absolute Gasteiger partial charge is 0.123 e. The van der Waals surface area contributed by atoms with E-state index in [1.54, 1.807) is 0 Å². The van der Waals surface area contributed by atoms with Crippen LogP contribution in [0.5, 0.6) is 5.75 Å². The molecule has 1 nitrogen and oxygen atoms in total. The third-order valence-electron chi connectivity index (χ3n) is 2.07. The highest BCUT2D eigenvalue weighted by atomic mass is 79.9. The van der Waals surface area contributed by atoms with Crippen LogP contribution in [0.4, 0.5) is 4.39 Å². The molecule has 0 saturated heterocycles.